The molecule has 0 bridgehead atoms. The van der Waals surface area contributed by atoms with E-state index in [0.29, 0.717) is 36.5 Å². The fraction of sp³-hybridized carbons (Fsp3) is 0.611. The van der Waals surface area contributed by atoms with Gasteiger partial charge in [0.25, 0.3) is 0 Å². The lowest BCUT2D eigenvalue weighted by atomic mass is 9.71. The molecule has 0 radical (unpaired) electrons. The van der Waals surface area contributed by atoms with Crippen LogP contribution in [0.5, 0.6) is 0 Å². The molecule has 1 heterocycles. The summed E-state index contributed by atoms with van der Waals surface area (Å²) in [5.41, 5.74) is 3.57. The summed E-state index contributed by atoms with van der Waals surface area (Å²) < 4.78 is 0. The van der Waals surface area contributed by atoms with Crippen LogP contribution in [0.2, 0.25) is 0 Å². The van der Waals surface area contributed by atoms with Crippen molar-refractivity contribution < 1.29 is 29.7 Å². The largest absolute Gasteiger partial charge is 0.508 e. The van der Waals surface area contributed by atoms with E-state index >= 15 is 0 Å². The zero-order chi connectivity index (χ0) is 48.0. The number of amides is 3. The molecule has 4 rings (SSSR count). The van der Waals surface area contributed by atoms with E-state index in [1.807, 2.05) is 36.5 Å². The van der Waals surface area contributed by atoms with Crippen LogP contribution >= 0.6 is 0 Å². The summed E-state index contributed by atoms with van der Waals surface area (Å²) in [5, 5.41) is 34.0. The number of aliphatic hydroxyl groups is 3. The number of hydrogen-bond donors (Lipinski definition) is 3. The van der Waals surface area contributed by atoms with Gasteiger partial charge in [0, 0.05) is 0 Å². The smallest absolute Gasteiger partial charge is 0.249 e. The quantitative estimate of drug-likeness (QED) is 0.229. The first kappa shape index (κ1) is 51.1. The molecule has 1 fully saturated rings. The van der Waals surface area contributed by atoms with Crippen LogP contribution < -0.4 is 0 Å². The van der Waals surface area contributed by atoms with E-state index in [1.165, 1.54) is 32.9 Å². The highest BCUT2D eigenvalue weighted by molar-refractivity contribution is 5.92. The molecule has 0 spiro atoms. The zero-order valence-corrected chi connectivity index (χ0v) is 42.1. The van der Waals surface area contributed by atoms with Crippen LogP contribution in [0.3, 0.4) is 0 Å². The molecule has 9 heteroatoms. The molecule has 3 unspecified atom stereocenters. The molecule has 4 aliphatic rings. The van der Waals surface area contributed by atoms with Crippen LogP contribution in [-0.2, 0) is 14.4 Å². The summed E-state index contributed by atoms with van der Waals surface area (Å²) in [6, 6.07) is 0. The van der Waals surface area contributed by atoms with Crippen LogP contribution in [0.4, 0.5) is 0 Å². The third kappa shape index (κ3) is 12.6. The van der Waals surface area contributed by atoms with Crippen LogP contribution in [0, 0.1) is 50.2 Å². The average molecular weight is 868 g/mol. The number of carbonyl (C=O) groups is 3. The normalized spacial score (nSPS) is 23.0. The lowest BCUT2D eigenvalue weighted by Gasteiger charge is -2.41. The third-order valence-electron chi connectivity index (χ3n) is 12.6. The van der Waals surface area contributed by atoms with Crippen LogP contribution in [-0.4, -0.2) is 67.7 Å². The van der Waals surface area contributed by atoms with Crippen molar-refractivity contribution in [2.75, 3.05) is 20.0 Å². The number of allylic oxidation sites excluding steroid dienone is 12. The highest BCUT2D eigenvalue weighted by Gasteiger charge is 2.37. The van der Waals surface area contributed by atoms with Gasteiger partial charge in [0.05, 0.1) is 20.0 Å². The Bertz CT molecular complexity index is 1850. The Balaban J connectivity index is 1.67. The molecule has 9 nitrogen and oxygen atoms in total. The van der Waals surface area contributed by atoms with Crippen LogP contribution in [0.15, 0.2) is 105 Å². The Labute approximate surface area is 380 Å². The fourth-order valence-electron chi connectivity index (χ4n) is 8.82. The minimum Gasteiger partial charge on any atom is -0.508 e. The second-order valence-corrected chi connectivity index (χ2v) is 24.5. The van der Waals surface area contributed by atoms with Gasteiger partial charge in [-0.1, -0.05) is 161 Å². The van der Waals surface area contributed by atoms with E-state index in [-0.39, 0.29) is 88.0 Å². The summed E-state index contributed by atoms with van der Waals surface area (Å²) in [7, 11) is 0. The molecule has 1 saturated heterocycles. The van der Waals surface area contributed by atoms with E-state index in [0.717, 1.165) is 33.4 Å². The van der Waals surface area contributed by atoms with Gasteiger partial charge in [-0.15, -0.1) is 0 Å². The first-order valence-electron chi connectivity index (χ1n) is 22.9. The zero-order valence-electron chi connectivity index (χ0n) is 42.1. The molecular weight excluding hydrogens is 787 g/mol. The molecule has 3 N–H and O–H groups in total. The summed E-state index contributed by atoms with van der Waals surface area (Å²) >= 11 is 0. The van der Waals surface area contributed by atoms with Gasteiger partial charge in [-0.25, -0.2) is 0 Å². The Hall–Kier alpha value is -4.53. The number of nitrogens with zero attached hydrogens (tertiary/aromatic N) is 3. The molecule has 63 heavy (non-hydrogen) atoms. The third-order valence-corrected chi connectivity index (χ3v) is 12.6. The molecule has 0 saturated carbocycles. The van der Waals surface area contributed by atoms with Crippen molar-refractivity contribution in [1.29, 1.82) is 0 Å². The van der Waals surface area contributed by atoms with Gasteiger partial charge >= 0.3 is 0 Å². The minimum atomic E-state index is -0.332. The highest BCUT2D eigenvalue weighted by atomic mass is 16.3. The summed E-state index contributed by atoms with van der Waals surface area (Å²) in [4.78, 5) is 47.0. The topological polar surface area (TPSA) is 122 Å². The summed E-state index contributed by atoms with van der Waals surface area (Å²) in [6.45, 7) is 37.3. The number of hydrogen-bond acceptors (Lipinski definition) is 6. The van der Waals surface area contributed by atoms with E-state index in [9.17, 15) is 29.7 Å². The SMILES string of the molecule is CC(C)(C)C1=CC(C=CC(=O)N2CN(C(=O)C=CC3C=C(C(C)(C)C)C(O)=C(C(C)(C)C)C3)CN(C(=O)C=CC3C=C(C(C)(C)C)C(O)=C(C(C)(C)C)C3)C2)CC(C(C)(C)C)=C1O. The molecule has 3 atom stereocenters. The Morgan fingerprint density at radius 1 is 0.413 bits per heavy atom. The van der Waals surface area contributed by atoms with Crippen molar-refractivity contribution in [3.8, 4) is 0 Å². The van der Waals surface area contributed by atoms with Gasteiger partial charge in [-0.2, -0.15) is 0 Å². The molecule has 0 aromatic heterocycles. The van der Waals surface area contributed by atoms with Crippen LogP contribution in [0.25, 0.3) is 0 Å². The first-order chi connectivity index (χ1) is 28.5. The van der Waals surface area contributed by atoms with E-state index in [4.69, 9.17) is 0 Å². The van der Waals surface area contributed by atoms with Gasteiger partial charge < -0.3 is 30.0 Å². The highest BCUT2D eigenvalue weighted by Crippen LogP contribution is 2.47. The van der Waals surface area contributed by atoms with Gasteiger partial charge in [-0.05, 0) is 121 Å². The first-order valence-corrected chi connectivity index (χ1v) is 22.9. The molecule has 3 amide bonds. The van der Waals surface area contributed by atoms with Gasteiger partial charge in [0.1, 0.15) is 17.3 Å². The number of rotatable bonds is 6. The van der Waals surface area contributed by atoms with Gasteiger partial charge in [-0.3, -0.25) is 14.4 Å². The second-order valence-electron chi connectivity index (χ2n) is 24.5. The van der Waals surface area contributed by atoms with E-state index in [2.05, 4.69) is 125 Å². The monoisotopic (exact) mass is 868 g/mol. The predicted molar refractivity (Wildman–Crippen MR) is 257 cm³/mol. The van der Waals surface area contributed by atoms with Crippen molar-refractivity contribution in [3.63, 3.8) is 0 Å². The van der Waals surface area contributed by atoms with Crippen molar-refractivity contribution in [2.45, 2.75) is 144 Å². The summed E-state index contributed by atoms with van der Waals surface area (Å²) in [5.74, 6) is -0.432. The van der Waals surface area contributed by atoms with E-state index < -0.39 is 0 Å². The maximum atomic E-state index is 14.2. The summed E-state index contributed by atoms with van der Waals surface area (Å²) in [6.07, 6.45) is 18.0. The fourth-order valence-corrected chi connectivity index (χ4v) is 8.82. The molecular formula is C54H81N3O6. The Morgan fingerprint density at radius 3 is 0.794 bits per heavy atom. The molecule has 1 aliphatic heterocycles. The van der Waals surface area contributed by atoms with Gasteiger partial charge in [0.2, 0.25) is 17.7 Å². The van der Waals surface area contributed by atoms with Gasteiger partial charge in [0.15, 0.2) is 0 Å². The van der Waals surface area contributed by atoms with Crippen molar-refractivity contribution in [1.82, 2.24) is 14.7 Å². The Morgan fingerprint density at radius 2 is 0.619 bits per heavy atom. The maximum Gasteiger partial charge on any atom is 0.249 e. The molecule has 348 valence electrons. The standard InChI is InChI=1S/C54H81N3O6/c1-49(2,3)37-25-34(26-38(46(37)61)50(4,5)6)19-22-43(58)55-31-56(44(59)23-20-35-27-39(51(7,8)9)47(62)40(28-35)52(10,11)12)33-57(32-55)45(60)24-21-36-29-41(53(13,14)15)48(63)42(30-36)54(16,17)18/h19-25,27,29,34-36,61-63H,26,28,30-33H2,1-18H3. The van der Waals surface area contributed by atoms with Crippen molar-refractivity contribution in [2.24, 2.45) is 50.2 Å². The van der Waals surface area contributed by atoms with Crippen molar-refractivity contribution >= 4 is 17.7 Å². The van der Waals surface area contributed by atoms with E-state index in [1.54, 1.807) is 0 Å². The number of aliphatic hydroxyl groups excluding tert-OH is 3. The molecule has 0 aromatic carbocycles. The lowest BCUT2D eigenvalue weighted by molar-refractivity contribution is -0.152. The van der Waals surface area contributed by atoms with Crippen molar-refractivity contribution in [3.05, 3.63) is 105 Å². The average Bonchev–Trinajstić information content (AvgIpc) is 3.13. The van der Waals surface area contributed by atoms with Crippen LogP contribution in [0.1, 0.15) is 144 Å². The Kier molecular flexibility index (Phi) is 14.7. The molecule has 0 aromatic rings. The second kappa shape index (κ2) is 18.2. The predicted octanol–water partition coefficient (Wildman–Crippen LogP) is 12.6. The lowest BCUT2D eigenvalue weighted by Crippen LogP contribution is -2.58. The molecule has 3 aliphatic carbocycles. The maximum absolute atomic E-state index is 14.2. The number of carbonyl (C=O) groups excluding carboxylic acids is 3. The minimum absolute atomic E-state index is 0.0114.